The van der Waals surface area contributed by atoms with Crippen molar-refractivity contribution in [2.45, 2.75) is 6.04 Å². The van der Waals surface area contributed by atoms with Crippen LogP contribution in [0.3, 0.4) is 0 Å². The summed E-state index contributed by atoms with van der Waals surface area (Å²) in [6.45, 7) is 0.365. The predicted molar refractivity (Wildman–Crippen MR) is 72.1 cm³/mol. The Hall–Kier alpha value is -1.67. The number of anilines is 1. The molecule has 0 saturated carbocycles. The van der Waals surface area contributed by atoms with Crippen molar-refractivity contribution in [2.24, 2.45) is 0 Å². The first-order valence-corrected chi connectivity index (χ1v) is 6.61. The Morgan fingerprint density at radius 3 is 2.95 bits per heavy atom. The number of carboxylic acids is 1. The highest BCUT2D eigenvalue weighted by atomic mass is 79.9. The van der Waals surface area contributed by atoms with Crippen molar-refractivity contribution in [3.63, 3.8) is 0 Å². The average molecular weight is 347 g/mol. The molecule has 0 aromatic heterocycles. The van der Waals surface area contributed by atoms with Crippen molar-refractivity contribution in [3.05, 3.63) is 28.5 Å². The van der Waals surface area contributed by atoms with Gasteiger partial charge in [0.2, 0.25) is 0 Å². The van der Waals surface area contributed by atoms with Crippen molar-refractivity contribution < 1.29 is 23.8 Å². The van der Waals surface area contributed by atoms with E-state index in [2.05, 4.69) is 21.2 Å². The number of nitrogens with zero attached hydrogens (tertiary/aromatic N) is 1. The molecule has 1 fully saturated rings. The number of amides is 2. The fourth-order valence-corrected chi connectivity index (χ4v) is 2.18. The second kappa shape index (κ2) is 6.19. The number of morpholine rings is 1. The minimum absolute atomic E-state index is 0.0624. The summed E-state index contributed by atoms with van der Waals surface area (Å²) in [6.07, 6.45) is 0. The van der Waals surface area contributed by atoms with E-state index in [0.717, 1.165) is 11.0 Å². The third-order valence-electron chi connectivity index (χ3n) is 2.84. The Bertz CT molecular complexity index is 540. The number of halogens is 2. The molecule has 1 aliphatic heterocycles. The summed E-state index contributed by atoms with van der Waals surface area (Å²) in [5.74, 6) is -1.64. The van der Waals surface area contributed by atoms with Crippen LogP contribution in [-0.2, 0) is 9.53 Å². The van der Waals surface area contributed by atoms with Gasteiger partial charge in [0.15, 0.2) is 6.04 Å². The smallest absolute Gasteiger partial charge is 0.328 e. The number of hydrogen-bond acceptors (Lipinski definition) is 3. The van der Waals surface area contributed by atoms with E-state index in [1.165, 1.54) is 12.1 Å². The summed E-state index contributed by atoms with van der Waals surface area (Å²) in [5.41, 5.74) is 0.241. The Labute approximate surface area is 122 Å². The molecule has 2 amide bonds. The normalized spacial score (nSPS) is 18.7. The van der Waals surface area contributed by atoms with Crippen LogP contribution in [0.15, 0.2) is 22.7 Å². The van der Waals surface area contributed by atoms with Crippen molar-refractivity contribution in [1.29, 1.82) is 0 Å². The number of urea groups is 1. The van der Waals surface area contributed by atoms with Gasteiger partial charge >= 0.3 is 12.0 Å². The summed E-state index contributed by atoms with van der Waals surface area (Å²) in [4.78, 5) is 24.3. The van der Waals surface area contributed by atoms with Crippen LogP contribution in [-0.4, -0.2) is 47.8 Å². The van der Waals surface area contributed by atoms with E-state index in [0.29, 0.717) is 4.47 Å². The van der Waals surface area contributed by atoms with E-state index in [4.69, 9.17) is 9.84 Å². The number of nitrogens with one attached hydrogen (secondary N) is 1. The van der Waals surface area contributed by atoms with Gasteiger partial charge in [-0.3, -0.25) is 0 Å². The molecule has 2 rings (SSSR count). The summed E-state index contributed by atoms with van der Waals surface area (Å²) < 4.78 is 18.7. The lowest BCUT2D eigenvalue weighted by Gasteiger charge is -2.32. The molecule has 1 aromatic rings. The molecule has 0 bridgehead atoms. The molecule has 20 heavy (non-hydrogen) atoms. The van der Waals surface area contributed by atoms with Gasteiger partial charge in [0.1, 0.15) is 5.82 Å². The van der Waals surface area contributed by atoms with Gasteiger partial charge in [0.05, 0.1) is 18.9 Å². The number of ether oxygens (including phenoxy) is 1. The van der Waals surface area contributed by atoms with Gasteiger partial charge in [-0.15, -0.1) is 0 Å². The maximum Gasteiger partial charge on any atom is 0.328 e. The fraction of sp³-hybridized carbons (Fsp3) is 0.333. The van der Waals surface area contributed by atoms with E-state index in [1.54, 1.807) is 0 Å². The first kappa shape index (κ1) is 14.7. The molecule has 1 atom stereocenters. The fourth-order valence-electron chi connectivity index (χ4n) is 1.83. The molecule has 6 nitrogen and oxygen atoms in total. The molecule has 0 radical (unpaired) electrons. The molecule has 1 saturated heterocycles. The van der Waals surface area contributed by atoms with Crippen LogP contribution >= 0.6 is 15.9 Å². The Balaban J connectivity index is 2.14. The summed E-state index contributed by atoms with van der Waals surface area (Å²) in [7, 11) is 0. The van der Waals surface area contributed by atoms with E-state index in [9.17, 15) is 14.0 Å². The highest BCUT2D eigenvalue weighted by Crippen LogP contribution is 2.23. The summed E-state index contributed by atoms with van der Waals surface area (Å²) in [6, 6.07) is 2.20. The van der Waals surface area contributed by atoms with Crippen molar-refractivity contribution in [2.75, 3.05) is 25.1 Å². The van der Waals surface area contributed by atoms with Gasteiger partial charge in [-0.05, 0) is 34.1 Å². The van der Waals surface area contributed by atoms with Crippen LogP contribution in [0.25, 0.3) is 0 Å². The number of rotatable bonds is 2. The number of hydrogen-bond donors (Lipinski definition) is 2. The zero-order valence-corrected chi connectivity index (χ0v) is 11.9. The third kappa shape index (κ3) is 3.26. The number of carboxylic acid groups (broad SMARTS) is 1. The van der Waals surface area contributed by atoms with Gasteiger partial charge < -0.3 is 20.1 Å². The van der Waals surface area contributed by atoms with Gasteiger partial charge in [0.25, 0.3) is 0 Å². The predicted octanol–water partition coefficient (Wildman–Crippen LogP) is 1.91. The van der Waals surface area contributed by atoms with Crippen LogP contribution in [0.5, 0.6) is 0 Å². The molecule has 2 N–H and O–H groups in total. The van der Waals surface area contributed by atoms with Gasteiger partial charge in [-0.25, -0.2) is 14.0 Å². The topological polar surface area (TPSA) is 78.9 Å². The SMILES string of the molecule is O=C(O)C1COCCN1C(=O)Nc1cc(F)ccc1Br. The zero-order chi connectivity index (χ0) is 14.7. The number of benzene rings is 1. The maximum absolute atomic E-state index is 13.1. The highest BCUT2D eigenvalue weighted by Gasteiger charge is 2.32. The summed E-state index contributed by atoms with van der Waals surface area (Å²) in [5, 5.41) is 11.5. The quantitative estimate of drug-likeness (QED) is 0.857. The molecule has 8 heteroatoms. The lowest BCUT2D eigenvalue weighted by molar-refractivity contribution is -0.147. The van der Waals surface area contributed by atoms with Crippen LogP contribution in [0.2, 0.25) is 0 Å². The molecule has 1 unspecified atom stereocenters. The maximum atomic E-state index is 13.1. The summed E-state index contributed by atoms with van der Waals surface area (Å²) >= 11 is 3.19. The number of carbonyl (C=O) groups excluding carboxylic acids is 1. The van der Waals surface area contributed by atoms with Gasteiger partial charge in [0, 0.05) is 11.0 Å². The average Bonchev–Trinajstić information content (AvgIpc) is 2.42. The molecule has 0 spiro atoms. The Kier molecular flexibility index (Phi) is 4.56. The first-order chi connectivity index (χ1) is 9.49. The zero-order valence-electron chi connectivity index (χ0n) is 10.3. The van der Waals surface area contributed by atoms with Crippen LogP contribution in [0, 0.1) is 5.82 Å². The standard InChI is InChI=1S/C12H12BrFN2O4/c13-8-2-1-7(14)5-9(8)15-12(19)16-3-4-20-6-10(16)11(17)18/h1-2,5,10H,3-4,6H2,(H,15,19)(H,17,18). The van der Waals surface area contributed by atoms with Gasteiger partial charge in [-0.1, -0.05) is 0 Å². The lowest BCUT2D eigenvalue weighted by Crippen LogP contribution is -2.54. The van der Waals surface area contributed by atoms with E-state index >= 15 is 0 Å². The first-order valence-electron chi connectivity index (χ1n) is 5.82. The van der Waals surface area contributed by atoms with Crippen molar-refractivity contribution in [1.82, 2.24) is 4.90 Å². The second-order valence-corrected chi connectivity index (χ2v) is 5.03. The van der Waals surface area contributed by atoms with E-state index in [-0.39, 0.29) is 25.4 Å². The molecule has 0 aliphatic carbocycles. The molecule has 108 valence electrons. The Morgan fingerprint density at radius 2 is 2.25 bits per heavy atom. The highest BCUT2D eigenvalue weighted by molar-refractivity contribution is 9.10. The van der Waals surface area contributed by atoms with Gasteiger partial charge in [-0.2, -0.15) is 0 Å². The molecule has 1 aliphatic rings. The van der Waals surface area contributed by atoms with E-state index < -0.39 is 23.9 Å². The van der Waals surface area contributed by atoms with Crippen LogP contribution in [0.4, 0.5) is 14.9 Å². The van der Waals surface area contributed by atoms with Crippen molar-refractivity contribution in [3.8, 4) is 0 Å². The van der Waals surface area contributed by atoms with Crippen LogP contribution < -0.4 is 5.32 Å². The largest absolute Gasteiger partial charge is 0.480 e. The number of aliphatic carboxylic acids is 1. The molecular formula is C12H12BrFN2O4. The molecule has 1 aromatic carbocycles. The Morgan fingerprint density at radius 1 is 1.50 bits per heavy atom. The monoisotopic (exact) mass is 346 g/mol. The third-order valence-corrected chi connectivity index (χ3v) is 3.54. The lowest BCUT2D eigenvalue weighted by atomic mass is 10.2. The minimum atomic E-state index is -1.14. The molecular weight excluding hydrogens is 335 g/mol. The number of carbonyl (C=O) groups is 2. The van der Waals surface area contributed by atoms with Crippen molar-refractivity contribution >= 4 is 33.6 Å². The van der Waals surface area contributed by atoms with Crippen LogP contribution in [0.1, 0.15) is 0 Å². The minimum Gasteiger partial charge on any atom is -0.480 e. The second-order valence-electron chi connectivity index (χ2n) is 4.18. The molecule has 1 heterocycles. The van der Waals surface area contributed by atoms with E-state index in [1.807, 2.05) is 0 Å².